The highest BCUT2D eigenvalue weighted by molar-refractivity contribution is 6.32. The molecule has 2 aromatic rings. The number of pyridine rings is 1. The van der Waals surface area contributed by atoms with Crippen LogP contribution in [0.2, 0.25) is 5.02 Å². The molecule has 0 saturated heterocycles. The van der Waals surface area contributed by atoms with Gasteiger partial charge in [0.05, 0.1) is 16.6 Å². The summed E-state index contributed by atoms with van der Waals surface area (Å²) in [6.45, 7) is 0. The Labute approximate surface area is 111 Å². The van der Waals surface area contributed by atoms with Crippen molar-refractivity contribution < 1.29 is 0 Å². The predicted octanol–water partition coefficient (Wildman–Crippen LogP) is 4.24. The standard InChI is InChI=1S/C13H12Cl2N2/c1-17(10-5-3-2-4-6-10)13-8-7-11(15)12(9-14)16-13/h2-8H,9H2,1H3. The van der Waals surface area contributed by atoms with Crippen molar-refractivity contribution in [1.29, 1.82) is 0 Å². The van der Waals surface area contributed by atoms with Crippen LogP contribution in [0.4, 0.5) is 11.5 Å². The Kier molecular flexibility index (Phi) is 3.87. The van der Waals surface area contributed by atoms with E-state index in [2.05, 4.69) is 4.98 Å². The van der Waals surface area contributed by atoms with Crippen LogP contribution in [0.3, 0.4) is 0 Å². The molecule has 4 heteroatoms. The molecule has 0 aliphatic rings. The van der Waals surface area contributed by atoms with Crippen LogP contribution >= 0.6 is 23.2 Å². The molecule has 0 aliphatic carbocycles. The number of hydrogen-bond donors (Lipinski definition) is 0. The summed E-state index contributed by atoms with van der Waals surface area (Å²) in [7, 11) is 1.96. The smallest absolute Gasteiger partial charge is 0.133 e. The lowest BCUT2D eigenvalue weighted by atomic mass is 10.3. The third-order valence-electron chi connectivity index (χ3n) is 2.52. The highest BCUT2D eigenvalue weighted by Gasteiger charge is 2.08. The molecule has 0 fully saturated rings. The van der Waals surface area contributed by atoms with Crippen molar-refractivity contribution in [2.75, 3.05) is 11.9 Å². The normalized spacial score (nSPS) is 10.3. The molecule has 0 amide bonds. The molecule has 2 nitrogen and oxygen atoms in total. The van der Waals surface area contributed by atoms with Crippen LogP contribution in [0.1, 0.15) is 5.69 Å². The van der Waals surface area contributed by atoms with E-state index < -0.39 is 0 Å². The average Bonchev–Trinajstić information content (AvgIpc) is 2.39. The fourth-order valence-electron chi connectivity index (χ4n) is 1.54. The molecular formula is C13H12Cl2N2. The van der Waals surface area contributed by atoms with Crippen LogP contribution in [-0.2, 0) is 5.88 Å². The molecule has 0 spiro atoms. The van der Waals surface area contributed by atoms with Crippen LogP contribution in [0.15, 0.2) is 42.5 Å². The molecule has 1 aromatic carbocycles. The Morgan fingerprint density at radius 3 is 2.47 bits per heavy atom. The zero-order valence-corrected chi connectivity index (χ0v) is 10.9. The summed E-state index contributed by atoms with van der Waals surface area (Å²) >= 11 is 11.8. The first kappa shape index (κ1) is 12.2. The third-order valence-corrected chi connectivity index (χ3v) is 3.11. The van der Waals surface area contributed by atoms with Crippen molar-refractivity contribution in [1.82, 2.24) is 4.98 Å². The van der Waals surface area contributed by atoms with Crippen molar-refractivity contribution >= 4 is 34.7 Å². The monoisotopic (exact) mass is 266 g/mol. The molecule has 1 heterocycles. The van der Waals surface area contributed by atoms with Gasteiger partial charge >= 0.3 is 0 Å². The SMILES string of the molecule is CN(c1ccccc1)c1ccc(Cl)c(CCl)n1. The summed E-state index contributed by atoms with van der Waals surface area (Å²) in [5.74, 6) is 1.14. The van der Waals surface area contributed by atoms with E-state index >= 15 is 0 Å². The average molecular weight is 267 g/mol. The zero-order valence-electron chi connectivity index (χ0n) is 9.40. The lowest BCUT2D eigenvalue weighted by Gasteiger charge is -2.19. The Morgan fingerprint density at radius 1 is 1.12 bits per heavy atom. The number of halogens is 2. The van der Waals surface area contributed by atoms with Crippen molar-refractivity contribution in [3.8, 4) is 0 Å². The Balaban J connectivity index is 2.34. The summed E-state index contributed by atoms with van der Waals surface area (Å²) in [5.41, 5.74) is 1.77. The first-order chi connectivity index (χ1) is 8.22. The largest absolute Gasteiger partial charge is 0.329 e. The molecule has 0 saturated carbocycles. The van der Waals surface area contributed by atoms with Gasteiger partial charge in [-0.3, -0.25) is 0 Å². The number of anilines is 2. The quantitative estimate of drug-likeness (QED) is 0.773. The first-order valence-corrected chi connectivity index (χ1v) is 6.14. The van der Waals surface area contributed by atoms with Gasteiger partial charge in [0.1, 0.15) is 5.82 Å². The molecule has 0 unspecified atom stereocenters. The molecule has 0 aliphatic heterocycles. The van der Waals surface area contributed by atoms with E-state index in [4.69, 9.17) is 23.2 Å². The maximum absolute atomic E-state index is 5.98. The van der Waals surface area contributed by atoms with Crippen molar-refractivity contribution in [2.45, 2.75) is 5.88 Å². The number of benzene rings is 1. The second-order valence-electron chi connectivity index (χ2n) is 3.63. The minimum Gasteiger partial charge on any atom is -0.329 e. The summed E-state index contributed by atoms with van der Waals surface area (Å²) in [6, 6.07) is 13.7. The molecule has 17 heavy (non-hydrogen) atoms. The van der Waals surface area contributed by atoms with Crippen LogP contribution in [0, 0.1) is 0 Å². The van der Waals surface area contributed by atoms with Crippen LogP contribution in [-0.4, -0.2) is 12.0 Å². The second kappa shape index (κ2) is 5.39. The van der Waals surface area contributed by atoms with Gasteiger partial charge in [0.25, 0.3) is 0 Å². The molecule has 88 valence electrons. The van der Waals surface area contributed by atoms with Crippen LogP contribution < -0.4 is 4.90 Å². The number of para-hydroxylation sites is 1. The van der Waals surface area contributed by atoms with Crippen LogP contribution in [0.5, 0.6) is 0 Å². The highest BCUT2D eigenvalue weighted by Crippen LogP contribution is 2.24. The van der Waals surface area contributed by atoms with Crippen LogP contribution in [0.25, 0.3) is 0 Å². The van der Waals surface area contributed by atoms with E-state index in [0.29, 0.717) is 16.6 Å². The number of aromatic nitrogens is 1. The topological polar surface area (TPSA) is 16.1 Å². The maximum Gasteiger partial charge on any atom is 0.133 e. The number of rotatable bonds is 3. The fraction of sp³-hybridized carbons (Fsp3) is 0.154. The van der Waals surface area contributed by atoms with Gasteiger partial charge in [-0.1, -0.05) is 29.8 Å². The molecule has 0 N–H and O–H groups in total. The summed E-state index contributed by atoms with van der Waals surface area (Å²) in [4.78, 5) is 6.42. The Bertz CT molecular complexity index is 500. The van der Waals surface area contributed by atoms with E-state index in [1.165, 1.54) is 0 Å². The highest BCUT2D eigenvalue weighted by atomic mass is 35.5. The lowest BCUT2D eigenvalue weighted by Crippen LogP contribution is -2.11. The van der Waals surface area contributed by atoms with E-state index in [-0.39, 0.29) is 0 Å². The molecular weight excluding hydrogens is 255 g/mol. The molecule has 1 aromatic heterocycles. The minimum absolute atomic E-state index is 0.315. The van der Waals surface area contributed by atoms with Gasteiger partial charge in [-0.05, 0) is 24.3 Å². The van der Waals surface area contributed by atoms with E-state index in [0.717, 1.165) is 11.5 Å². The van der Waals surface area contributed by atoms with Gasteiger partial charge in [0, 0.05) is 12.7 Å². The molecule has 2 rings (SSSR count). The van der Waals surface area contributed by atoms with E-state index in [9.17, 15) is 0 Å². The Morgan fingerprint density at radius 2 is 1.82 bits per heavy atom. The molecule has 0 radical (unpaired) electrons. The number of hydrogen-bond acceptors (Lipinski definition) is 2. The summed E-state index contributed by atoms with van der Waals surface area (Å²) in [6.07, 6.45) is 0. The van der Waals surface area contributed by atoms with E-state index in [1.54, 1.807) is 0 Å². The fourth-order valence-corrected chi connectivity index (χ4v) is 1.98. The number of nitrogens with zero attached hydrogens (tertiary/aromatic N) is 2. The van der Waals surface area contributed by atoms with E-state index in [1.807, 2.05) is 54.4 Å². The van der Waals surface area contributed by atoms with Gasteiger partial charge in [-0.25, -0.2) is 4.98 Å². The van der Waals surface area contributed by atoms with Crippen molar-refractivity contribution in [3.05, 3.63) is 53.2 Å². The van der Waals surface area contributed by atoms with Gasteiger partial charge in [0.15, 0.2) is 0 Å². The van der Waals surface area contributed by atoms with Crippen molar-refractivity contribution in [2.24, 2.45) is 0 Å². The first-order valence-electron chi connectivity index (χ1n) is 5.22. The number of alkyl halides is 1. The second-order valence-corrected chi connectivity index (χ2v) is 4.30. The molecule has 0 bridgehead atoms. The lowest BCUT2D eigenvalue weighted by molar-refractivity contribution is 1.08. The molecule has 0 atom stereocenters. The zero-order chi connectivity index (χ0) is 12.3. The predicted molar refractivity (Wildman–Crippen MR) is 73.3 cm³/mol. The van der Waals surface area contributed by atoms with Gasteiger partial charge in [-0.2, -0.15) is 0 Å². The maximum atomic E-state index is 5.98. The van der Waals surface area contributed by atoms with Gasteiger partial charge in [-0.15, -0.1) is 11.6 Å². The minimum atomic E-state index is 0.315. The van der Waals surface area contributed by atoms with Crippen molar-refractivity contribution in [3.63, 3.8) is 0 Å². The summed E-state index contributed by atoms with van der Waals surface area (Å²) in [5, 5.41) is 0.602. The van der Waals surface area contributed by atoms with Gasteiger partial charge in [0.2, 0.25) is 0 Å². The third kappa shape index (κ3) is 2.71. The Hall–Kier alpha value is -1.25. The van der Waals surface area contributed by atoms with Gasteiger partial charge < -0.3 is 4.90 Å². The summed E-state index contributed by atoms with van der Waals surface area (Å²) < 4.78 is 0.